The monoisotopic (exact) mass is 538 g/mol. The van der Waals surface area contributed by atoms with Gasteiger partial charge in [-0.2, -0.15) is 0 Å². The molecular formula is C34H41F3O2. The highest BCUT2D eigenvalue weighted by Gasteiger charge is 2.27. The van der Waals surface area contributed by atoms with E-state index in [2.05, 4.69) is 13.8 Å². The topological polar surface area (TPSA) is 18.5 Å². The number of halogens is 3. The van der Waals surface area contributed by atoms with Crippen LogP contribution in [-0.4, -0.2) is 19.3 Å². The van der Waals surface area contributed by atoms with E-state index in [4.69, 9.17) is 9.47 Å². The van der Waals surface area contributed by atoms with E-state index < -0.39 is 11.6 Å². The summed E-state index contributed by atoms with van der Waals surface area (Å²) in [6, 6.07) is 15.9. The van der Waals surface area contributed by atoms with Crippen molar-refractivity contribution in [1.29, 1.82) is 0 Å². The lowest BCUT2D eigenvalue weighted by Crippen LogP contribution is -2.22. The Morgan fingerprint density at radius 2 is 1.46 bits per heavy atom. The van der Waals surface area contributed by atoms with E-state index in [1.165, 1.54) is 6.07 Å². The van der Waals surface area contributed by atoms with Crippen molar-refractivity contribution in [3.8, 4) is 16.9 Å². The Bertz CT molecular complexity index is 1180. The maximum Gasteiger partial charge on any atom is 0.166 e. The normalized spacial score (nSPS) is 17.4. The number of benzene rings is 3. The SMILES string of the molecule is CCCCOc1ccc(CCc2ccc(-c3ccc(C4CCC(OCCCC)CC4)c(F)c3F)cc2)c(F)c1. The number of unbranched alkanes of at least 4 members (excludes halogenated alkanes) is 2. The van der Waals surface area contributed by atoms with Crippen LogP contribution in [0, 0.1) is 17.5 Å². The quantitative estimate of drug-likeness (QED) is 0.202. The summed E-state index contributed by atoms with van der Waals surface area (Å²) < 4.78 is 56.4. The zero-order valence-corrected chi connectivity index (χ0v) is 23.3. The van der Waals surface area contributed by atoms with Crippen molar-refractivity contribution in [3.63, 3.8) is 0 Å². The molecule has 0 heterocycles. The van der Waals surface area contributed by atoms with Gasteiger partial charge in [-0.25, -0.2) is 13.2 Å². The van der Waals surface area contributed by atoms with Gasteiger partial charge in [0.1, 0.15) is 11.6 Å². The molecule has 5 heteroatoms. The van der Waals surface area contributed by atoms with Crippen molar-refractivity contribution in [3.05, 3.63) is 88.7 Å². The summed E-state index contributed by atoms with van der Waals surface area (Å²) >= 11 is 0. The Morgan fingerprint density at radius 3 is 2.15 bits per heavy atom. The van der Waals surface area contributed by atoms with Gasteiger partial charge >= 0.3 is 0 Å². The van der Waals surface area contributed by atoms with Gasteiger partial charge in [-0.1, -0.05) is 69.2 Å². The van der Waals surface area contributed by atoms with Gasteiger partial charge in [0.05, 0.1) is 12.7 Å². The molecule has 1 fully saturated rings. The minimum atomic E-state index is -0.787. The molecule has 0 saturated heterocycles. The Kier molecular flexibility index (Phi) is 10.9. The largest absolute Gasteiger partial charge is 0.493 e. The van der Waals surface area contributed by atoms with Crippen LogP contribution in [0.15, 0.2) is 54.6 Å². The average molecular weight is 539 g/mol. The highest BCUT2D eigenvalue weighted by Crippen LogP contribution is 2.38. The van der Waals surface area contributed by atoms with Crippen LogP contribution in [0.25, 0.3) is 11.1 Å². The fourth-order valence-corrected chi connectivity index (χ4v) is 5.32. The molecule has 4 rings (SSSR count). The zero-order valence-electron chi connectivity index (χ0n) is 23.3. The molecule has 1 aliphatic carbocycles. The van der Waals surface area contributed by atoms with Crippen LogP contribution in [0.2, 0.25) is 0 Å². The van der Waals surface area contributed by atoms with Crippen molar-refractivity contribution in [1.82, 2.24) is 0 Å². The first kappa shape index (κ1) is 29.2. The highest BCUT2D eigenvalue weighted by molar-refractivity contribution is 5.65. The summed E-state index contributed by atoms with van der Waals surface area (Å²) in [5.74, 6) is -1.21. The standard InChI is InChI=1S/C34H41F3O2/c1-3-5-21-38-28-16-13-26(14-17-28)31-20-19-30(33(36)34(31)37)25-10-7-24(8-11-25)9-12-27-15-18-29(23-32(27)35)39-22-6-4-2/h7-8,10-11,15,18-20,23,26,28H,3-6,9,12-14,16-17,21-22H2,1-2H3. The lowest BCUT2D eigenvalue weighted by atomic mass is 9.82. The smallest absolute Gasteiger partial charge is 0.166 e. The van der Waals surface area contributed by atoms with Crippen LogP contribution in [0.5, 0.6) is 5.75 Å². The van der Waals surface area contributed by atoms with E-state index in [9.17, 15) is 4.39 Å². The zero-order chi connectivity index (χ0) is 27.6. The van der Waals surface area contributed by atoms with Crippen molar-refractivity contribution in [2.24, 2.45) is 0 Å². The molecule has 0 aromatic heterocycles. The number of rotatable bonds is 13. The number of hydrogen-bond donors (Lipinski definition) is 0. The molecule has 0 radical (unpaired) electrons. The van der Waals surface area contributed by atoms with Crippen LogP contribution in [0.3, 0.4) is 0 Å². The molecular weight excluding hydrogens is 497 g/mol. The number of ether oxygens (including phenoxy) is 2. The molecule has 0 N–H and O–H groups in total. The Labute approximate surface area is 231 Å². The molecule has 39 heavy (non-hydrogen) atoms. The van der Waals surface area contributed by atoms with Gasteiger partial charge in [0, 0.05) is 18.2 Å². The van der Waals surface area contributed by atoms with Gasteiger partial charge in [0.15, 0.2) is 11.6 Å². The minimum Gasteiger partial charge on any atom is -0.493 e. The second-order valence-electron chi connectivity index (χ2n) is 10.7. The van der Waals surface area contributed by atoms with Gasteiger partial charge in [-0.05, 0) is 85.6 Å². The first-order chi connectivity index (χ1) is 19.0. The first-order valence-corrected chi connectivity index (χ1v) is 14.6. The lowest BCUT2D eigenvalue weighted by molar-refractivity contribution is 0.0230. The van der Waals surface area contributed by atoms with Crippen molar-refractivity contribution >= 4 is 0 Å². The summed E-state index contributed by atoms with van der Waals surface area (Å²) in [5.41, 5.74) is 3.02. The first-order valence-electron chi connectivity index (χ1n) is 14.6. The molecule has 0 spiro atoms. The maximum atomic E-state index is 15.2. The van der Waals surface area contributed by atoms with E-state index in [0.29, 0.717) is 41.9 Å². The third-order valence-corrected chi connectivity index (χ3v) is 7.82. The molecule has 0 atom stereocenters. The van der Waals surface area contributed by atoms with Crippen molar-refractivity contribution in [2.75, 3.05) is 13.2 Å². The van der Waals surface area contributed by atoms with Crippen LogP contribution in [0.1, 0.15) is 87.8 Å². The predicted octanol–water partition coefficient (Wildman–Crippen LogP) is 9.58. The van der Waals surface area contributed by atoms with Crippen LogP contribution >= 0.6 is 0 Å². The summed E-state index contributed by atoms with van der Waals surface area (Å²) in [6.45, 7) is 5.59. The molecule has 210 valence electrons. The second-order valence-corrected chi connectivity index (χ2v) is 10.7. The van der Waals surface area contributed by atoms with Gasteiger partial charge in [0.25, 0.3) is 0 Å². The van der Waals surface area contributed by atoms with Crippen molar-refractivity contribution < 1.29 is 22.6 Å². The third-order valence-electron chi connectivity index (χ3n) is 7.82. The van der Waals surface area contributed by atoms with Crippen LogP contribution in [0.4, 0.5) is 13.2 Å². The van der Waals surface area contributed by atoms with Gasteiger partial charge in [-0.15, -0.1) is 0 Å². The summed E-state index contributed by atoms with van der Waals surface area (Å²) in [5, 5.41) is 0. The van der Waals surface area contributed by atoms with Gasteiger partial charge in [0.2, 0.25) is 0 Å². The molecule has 1 aliphatic rings. The number of hydrogen-bond acceptors (Lipinski definition) is 2. The van der Waals surface area contributed by atoms with E-state index in [1.807, 2.05) is 30.3 Å². The molecule has 0 unspecified atom stereocenters. The summed E-state index contributed by atoms with van der Waals surface area (Å²) in [6.07, 6.45) is 8.98. The fraction of sp³-hybridized carbons (Fsp3) is 0.471. The van der Waals surface area contributed by atoms with E-state index >= 15 is 8.78 Å². The molecule has 3 aromatic carbocycles. The number of aryl methyl sites for hydroxylation is 2. The molecule has 0 aliphatic heterocycles. The van der Waals surface area contributed by atoms with Crippen LogP contribution in [-0.2, 0) is 17.6 Å². The predicted molar refractivity (Wildman–Crippen MR) is 152 cm³/mol. The van der Waals surface area contributed by atoms with E-state index in [-0.39, 0.29) is 23.4 Å². The molecule has 1 saturated carbocycles. The molecule has 3 aromatic rings. The summed E-state index contributed by atoms with van der Waals surface area (Å²) in [7, 11) is 0. The van der Waals surface area contributed by atoms with E-state index in [1.54, 1.807) is 18.2 Å². The third kappa shape index (κ3) is 7.88. The van der Waals surface area contributed by atoms with Crippen LogP contribution < -0.4 is 4.74 Å². The second kappa shape index (κ2) is 14.6. The Balaban J connectivity index is 1.34. The minimum absolute atomic E-state index is 0.0271. The summed E-state index contributed by atoms with van der Waals surface area (Å²) in [4.78, 5) is 0. The lowest BCUT2D eigenvalue weighted by Gasteiger charge is -2.29. The maximum absolute atomic E-state index is 15.2. The van der Waals surface area contributed by atoms with Crippen molar-refractivity contribution in [2.45, 2.75) is 90.1 Å². The average Bonchev–Trinajstić information content (AvgIpc) is 2.95. The van der Waals surface area contributed by atoms with E-state index in [0.717, 1.165) is 63.5 Å². The van der Waals surface area contributed by atoms with Gasteiger partial charge in [-0.3, -0.25) is 0 Å². The molecule has 0 bridgehead atoms. The molecule has 0 amide bonds. The molecule has 2 nitrogen and oxygen atoms in total. The fourth-order valence-electron chi connectivity index (χ4n) is 5.32. The Morgan fingerprint density at radius 1 is 0.744 bits per heavy atom. The Hall–Kier alpha value is -2.79. The van der Waals surface area contributed by atoms with Gasteiger partial charge < -0.3 is 9.47 Å². The highest BCUT2D eigenvalue weighted by atomic mass is 19.2.